The molecule has 5 heterocycles. The van der Waals surface area contributed by atoms with Gasteiger partial charge in [-0.2, -0.15) is 4.39 Å². The van der Waals surface area contributed by atoms with E-state index < -0.39 is 29.2 Å². The molecular weight excluding hydrogens is 644 g/mol. The second kappa shape index (κ2) is 12.8. The van der Waals surface area contributed by atoms with Crippen LogP contribution in [0.4, 0.5) is 27.8 Å². The Bertz CT molecular complexity index is 2100. The van der Waals surface area contributed by atoms with E-state index in [1.807, 2.05) is 12.1 Å². The molecule has 1 aliphatic heterocycles. The molecule has 0 spiro atoms. The van der Waals surface area contributed by atoms with Crippen LogP contribution < -0.4 is 4.90 Å². The minimum absolute atomic E-state index is 0.0642. The zero-order valence-corrected chi connectivity index (χ0v) is 26.0. The Kier molecular flexibility index (Phi) is 8.76. The quantitative estimate of drug-likeness (QED) is 0.139. The van der Waals surface area contributed by atoms with Crippen molar-refractivity contribution < 1.29 is 22.0 Å². The van der Waals surface area contributed by atoms with E-state index in [0.717, 1.165) is 42.7 Å². The molecule has 0 atom stereocenters. The second-order valence-corrected chi connectivity index (χ2v) is 11.6. The number of aromatic nitrogens is 4. The fraction of sp³-hybridized carbons (Fsp3) is 0.176. The Morgan fingerprint density at radius 3 is 1.54 bits per heavy atom. The van der Waals surface area contributed by atoms with Gasteiger partial charge in [0.15, 0.2) is 0 Å². The van der Waals surface area contributed by atoms with Crippen LogP contribution in [0.1, 0.15) is 24.0 Å². The van der Waals surface area contributed by atoms with Crippen molar-refractivity contribution in [2.24, 2.45) is 0 Å². The number of pyridine rings is 4. The Hall–Kier alpha value is -4.41. The highest BCUT2D eigenvalue weighted by Gasteiger charge is 2.19. The van der Waals surface area contributed by atoms with Gasteiger partial charge >= 0.3 is 0 Å². The molecule has 0 unspecified atom stereocenters. The lowest BCUT2D eigenvalue weighted by molar-refractivity contribution is 0.584. The first-order valence-corrected chi connectivity index (χ1v) is 15.0. The molecule has 5 nitrogen and oxygen atoms in total. The molecule has 7 rings (SSSR count). The van der Waals surface area contributed by atoms with E-state index in [4.69, 9.17) is 23.2 Å². The van der Waals surface area contributed by atoms with Crippen molar-refractivity contribution >= 4 is 50.8 Å². The molecule has 2 aromatic carbocycles. The lowest BCUT2D eigenvalue weighted by Crippen LogP contribution is -2.18. The van der Waals surface area contributed by atoms with E-state index in [-0.39, 0.29) is 31.9 Å². The predicted octanol–water partition coefficient (Wildman–Crippen LogP) is 9.81. The Balaban J connectivity index is 0.000000164. The summed E-state index contributed by atoms with van der Waals surface area (Å²) >= 11 is 12.5. The van der Waals surface area contributed by atoms with Crippen LogP contribution >= 0.6 is 23.2 Å². The first-order valence-electron chi connectivity index (χ1n) is 14.2. The summed E-state index contributed by atoms with van der Waals surface area (Å²) in [6.45, 7) is 5.48. The Morgan fingerprint density at radius 1 is 0.630 bits per heavy atom. The van der Waals surface area contributed by atoms with Crippen LogP contribution in [0.3, 0.4) is 0 Å². The number of fused-ring (bicyclic) bond motifs is 2. The molecule has 0 amide bonds. The summed E-state index contributed by atoms with van der Waals surface area (Å²) in [5, 5.41) is 0.610. The average molecular weight is 668 g/mol. The zero-order chi connectivity index (χ0) is 32.7. The van der Waals surface area contributed by atoms with E-state index in [1.165, 1.54) is 37.2 Å². The molecule has 4 aromatic heterocycles. The first kappa shape index (κ1) is 31.6. The van der Waals surface area contributed by atoms with E-state index in [9.17, 15) is 22.0 Å². The van der Waals surface area contributed by atoms with Crippen LogP contribution in [-0.4, -0.2) is 33.0 Å². The minimum Gasteiger partial charge on any atom is -0.357 e. The second-order valence-electron chi connectivity index (χ2n) is 10.8. The lowest BCUT2D eigenvalue weighted by Gasteiger charge is -2.17. The van der Waals surface area contributed by atoms with Gasteiger partial charge in [0, 0.05) is 60.9 Å². The summed E-state index contributed by atoms with van der Waals surface area (Å²) < 4.78 is 67.7. The van der Waals surface area contributed by atoms with E-state index >= 15 is 0 Å². The van der Waals surface area contributed by atoms with Crippen molar-refractivity contribution in [3.63, 3.8) is 0 Å². The van der Waals surface area contributed by atoms with Crippen LogP contribution in [0, 0.1) is 43.1 Å². The molecule has 6 aromatic rings. The fourth-order valence-corrected chi connectivity index (χ4v) is 6.01. The minimum atomic E-state index is -0.769. The average Bonchev–Trinajstić information content (AvgIpc) is 3.56. The molecule has 46 heavy (non-hydrogen) atoms. The van der Waals surface area contributed by atoms with Gasteiger partial charge in [-0.25, -0.2) is 37.5 Å². The Labute approximate surface area is 270 Å². The molecule has 1 saturated heterocycles. The molecule has 12 heteroatoms. The third kappa shape index (κ3) is 6.07. The summed E-state index contributed by atoms with van der Waals surface area (Å²) in [5.74, 6) is -2.58. The van der Waals surface area contributed by atoms with Crippen molar-refractivity contribution in [2.75, 3.05) is 18.0 Å². The number of nitrogens with zero attached hydrogens (tertiary/aromatic N) is 5. The van der Waals surface area contributed by atoms with Crippen LogP contribution in [0.5, 0.6) is 0 Å². The van der Waals surface area contributed by atoms with Gasteiger partial charge in [-0.3, -0.25) is 0 Å². The van der Waals surface area contributed by atoms with Gasteiger partial charge in [-0.15, -0.1) is 0 Å². The summed E-state index contributed by atoms with van der Waals surface area (Å²) in [6.07, 6.45) is 5.40. The van der Waals surface area contributed by atoms with E-state index in [1.54, 1.807) is 20.0 Å². The maximum absolute atomic E-state index is 14.1. The van der Waals surface area contributed by atoms with Crippen molar-refractivity contribution in [3.05, 3.63) is 111 Å². The van der Waals surface area contributed by atoms with Gasteiger partial charge in [-0.05, 0) is 62.1 Å². The number of rotatable bonds is 3. The summed E-state index contributed by atoms with van der Waals surface area (Å²) in [7, 11) is 0. The molecule has 0 bridgehead atoms. The molecule has 0 aliphatic carbocycles. The van der Waals surface area contributed by atoms with Crippen LogP contribution in [0.25, 0.3) is 44.3 Å². The molecule has 1 aliphatic rings. The molecule has 0 saturated carbocycles. The number of benzene rings is 2. The predicted molar refractivity (Wildman–Crippen MR) is 171 cm³/mol. The topological polar surface area (TPSA) is 54.8 Å². The largest absolute Gasteiger partial charge is 0.357 e. The fourth-order valence-electron chi connectivity index (χ4n) is 5.46. The zero-order valence-electron chi connectivity index (χ0n) is 24.5. The smallest absolute Gasteiger partial charge is 0.212 e. The van der Waals surface area contributed by atoms with Gasteiger partial charge in [0.1, 0.15) is 29.1 Å². The highest BCUT2D eigenvalue weighted by Crippen LogP contribution is 2.36. The summed E-state index contributed by atoms with van der Waals surface area (Å²) in [5.41, 5.74) is 3.75. The van der Waals surface area contributed by atoms with Crippen molar-refractivity contribution in [1.82, 2.24) is 19.9 Å². The highest BCUT2D eigenvalue weighted by molar-refractivity contribution is 6.37. The van der Waals surface area contributed by atoms with Gasteiger partial charge in [0.2, 0.25) is 5.95 Å². The first-order chi connectivity index (χ1) is 22.0. The molecule has 0 radical (unpaired) electrons. The standard InChI is InChI=1S/C19H16ClF2N3.C15H8ClF3N2/c1-11-18(20)17-14(22)8-13(21)9-15(17)24-19(11)12-4-5-16(23-10-12)25-6-2-3-7-25;1-7-14(16)13-10(18)4-9(17)5-11(13)21-15(7)8-2-3-12(19)20-6-8/h4-5,8-10H,2-3,6-7H2,1H3;2-6H,1H3. The number of anilines is 1. The van der Waals surface area contributed by atoms with E-state index in [2.05, 4.69) is 24.8 Å². The number of hydrogen-bond donors (Lipinski definition) is 0. The monoisotopic (exact) mass is 667 g/mol. The van der Waals surface area contributed by atoms with Gasteiger partial charge in [-0.1, -0.05) is 23.2 Å². The summed E-state index contributed by atoms with van der Waals surface area (Å²) in [6, 6.07) is 10.4. The molecule has 1 fully saturated rings. The van der Waals surface area contributed by atoms with Gasteiger partial charge in [0.05, 0.1) is 43.2 Å². The maximum Gasteiger partial charge on any atom is 0.212 e. The van der Waals surface area contributed by atoms with Gasteiger partial charge in [0.25, 0.3) is 0 Å². The third-order valence-corrected chi connectivity index (χ3v) is 8.74. The van der Waals surface area contributed by atoms with Crippen LogP contribution in [0.15, 0.2) is 60.9 Å². The molecular formula is C34H24Cl2F5N5. The van der Waals surface area contributed by atoms with Crippen molar-refractivity contribution in [1.29, 1.82) is 0 Å². The van der Waals surface area contributed by atoms with Gasteiger partial charge < -0.3 is 4.90 Å². The normalized spacial score (nSPS) is 12.9. The van der Waals surface area contributed by atoms with Crippen molar-refractivity contribution in [3.8, 4) is 22.5 Å². The third-order valence-electron chi connectivity index (χ3n) is 7.79. The molecule has 0 N–H and O–H groups in total. The lowest BCUT2D eigenvalue weighted by atomic mass is 10.0. The molecule has 234 valence electrons. The Morgan fingerprint density at radius 2 is 1.11 bits per heavy atom. The van der Waals surface area contributed by atoms with E-state index in [0.29, 0.717) is 28.1 Å². The van der Waals surface area contributed by atoms with Crippen molar-refractivity contribution in [2.45, 2.75) is 26.7 Å². The van der Waals surface area contributed by atoms with Crippen LogP contribution in [-0.2, 0) is 0 Å². The highest BCUT2D eigenvalue weighted by atomic mass is 35.5. The van der Waals surface area contributed by atoms with Crippen LogP contribution in [0.2, 0.25) is 10.0 Å². The number of hydrogen-bond acceptors (Lipinski definition) is 5. The maximum atomic E-state index is 14.1. The summed E-state index contributed by atoms with van der Waals surface area (Å²) in [4.78, 5) is 19.0. The number of halogens is 7. The SMILES string of the molecule is Cc1c(-c2ccc(F)nc2)nc2cc(F)cc(F)c2c1Cl.Cc1c(-c2ccc(N3CCCC3)nc2)nc2cc(F)cc(F)c2c1Cl.